The fraction of sp³-hybridized carbons (Fsp3) is 0.214. The van der Waals surface area contributed by atoms with E-state index in [4.69, 9.17) is 20.6 Å². The SMILES string of the molecule is COc1cc(C#N)ccc1Oc1nc(C)nc(NN)c1C. The van der Waals surface area contributed by atoms with Crippen LogP contribution in [0.25, 0.3) is 0 Å². The smallest absolute Gasteiger partial charge is 0.227 e. The molecule has 1 aromatic heterocycles. The third-order valence-electron chi connectivity index (χ3n) is 2.85. The molecule has 0 fully saturated rings. The Bertz CT molecular complexity index is 709. The van der Waals surface area contributed by atoms with Gasteiger partial charge in [-0.25, -0.2) is 10.8 Å². The minimum Gasteiger partial charge on any atom is -0.493 e. The Labute approximate surface area is 122 Å². The van der Waals surface area contributed by atoms with Crippen LogP contribution >= 0.6 is 0 Å². The Balaban J connectivity index is 2.43. The molecule has 0 radical (unpaired) electrons. The van der Waals surface area contributed by atoms with Gasteiger partial charge in [0.25, 0.3) is 0 Å². The molecule has 0 saturated heterocycles. The van der Waals surface area contributed by atoms with Crippen LogP contribution in [0.5, 0.6) is 17.4 Å². The summed E-state index contributed by atoms with van der Waals surface area (Å²) in [7, 11) is 1.51. The van der Waals surface area contributed by atoms with Gasteiger partial charge in [0.05, 0.1) is 24.3 Å². The first-order valence-corrected chi connectivity index (χ1v) is 6.17. The summed E-state index contributed by atoms with van der Waals surface area (Å²) >= 11 is 0. The van der Waals surface area contributed by atoms with Crippen molar-refractivity contribution in [1.82, 2.24) is 9.97 Å². The zero-order valence-corrected chi connectivity index (χ0v) is 12.0. The van der Waals surface area contributed by atoms with Gasteiger partial charge in [0.2, 0.25) is 5.88 Å². The van der Waals surface area contributed by atoms with Gasteiger partial charge in [0.15, 0.2) is 11.5 Å². The van der Waals surface area contributed by atoms with Crippen molar-refractivity contribution >= 4 is 5.82 Å². The van der Waals surface area contributed by atoms with E-state index < -0.39 is 0 Å². The quantitative estimate of drug-likeness (QED) is 0.654. The van der Waals surface area contributed by atoms with E-state index in [0.717, 1.165) is 0 Å². The number of hydrogen-bond acceptors (Lipinski definition) is 7. The second-order valence-corrected chi connectivity index (χ2v) is 4.27. The number of benzene rings is 1. The molecule has 1 heterocycles. The molecule has 7 heteroatoms. The molecule has 7 nitrogen and oxygen atoms in total. The Morgan fingerprint density at radius 1 is 1.24 bits per heavy atom. The zero-order chi connectivity index (χ0) is 15.4. The lowest BCUT2D eigenvalue weighted by molar-refractivity contribution is 0.372. The number of anilines is 1. The van der Waals surface area contributed by atoms with Crippen molar-refractivity contribution in [3.8, 4) is 23.4 Å². The average Bonchev–Trinajstić information content (AvgIpc) is 2.50. The minimum atomic E-state index is 0.374. The summed E-state index contributed by atoms with van der Waals surface area (Å²) in [6.45, 7) is 3.53. The maximum absolute atomic E-state index is 8.90. The van der Waals surface area contributed by atoms with Crippen LogP contribution in [0.2, 0.25) is 0 Å². The predicted octanol–water partition coefficient (Wildman–Crippen LogP) is 2.05. The number of hydrogen-bond donors (Lipinski definition) is 2. The summed E-state index contributed by atoms with van der Waals surface area (Å²) in [6, 6.07) is 6.94. The largest absolute Gasteiger partial charge is 0.493 e. The van der Waals surface area contributed by atoms with E-state index in [2.05, 4.69) is 15.4 Å². The van der Waals surface area contributed by atoms with Crippen LogP contribution in [0.4, 0.5) is 5.82 Å². The highest BCUT2D eigenvalue weighted by Gasteiger charge is 2.13. The molecule has 21 heavy (non-hydrogen) atoms. The molecule has 0 atom stereocenters. The first kappa shape index (κ1) is 14.6. The van der Waals surface area contributed by atoms with Gasteiger partial charge in [-0.2, -0.15) is 10.2 Å². The van der Waals surface area contributed by atoms with Gasteiger partial charge in [0, 0.05) is 6.07 Å². The molecule has 108 valence electrons. The number of nitrogens with one attached hydrogen (secondary N) is 1. The van der Waals surface area contributed by atoms with Crippen LogP contribution in [0.15, 0.2) is 18.2 Å². The third-order valence-corrected chi connectivity index (χ3v) is 2.85. The molecule has 0 unspecified atom stereocenters. The molecule has 0 spiro atoms. The summed E-state index contributed by atoms with van der Waals surface area (Å²) in [4.78, 5) is 8.41. The van der Waals surface area contributed by atoms with Crippen molar-refractivity contribution < 1.29 is 9.47 Å². The van der Waals surface area contributed by atoms with E-state index in [-0.39, 0.29) is 0 Å². The second kappa shape index (κ2) is 6.07. The monoisotopic (exact) mass is 285 g/mol. The lowest BCUT2D eigenvalue weighted by Gasteiger charge is -2.13. The summed E-state index contributed by atoms with van der Waals surface area (Å²) in [6.07, 6.45) is 0. The average molecular weight is 285 g/mol. The lowest BCUT2D eigenvalue weighted by atomic mass is 10.2. The van der Waals surface area contributed by atoms with Crippen molar-refractivity contribution in [2.45, 2.75) is 13.8 Å². The maximum atomic E-state index is 8.90. The molecule has 2 aromatic rings. The zero-order valence-electron chi connectivity index (χ0n) is 12.0. The summed E-state index contributed by atoms with van der Waals surface area (Å²) in [5.41, 5.74) is 3.66. The lowest BCUT2D eigenvalue weighted by Crippen LogP contribution is -2.12. The molecule has 3 N–H and O–H groups in total. The van der Waals surface area contributed by atoms with Gasteiger partial charge >= 0.3 is 0 Å². The van der Waals surface area contributed by atoms with E-state index in [1.54, 1.807) is 32.0 Å². The normalized spacial score (nSPS) is 9.86. The summed E-state index contributed by atoms with van der Waals surface area (Å²) < 4.78 is 11.0. The van der Waals surface area contributed by atoms with Crippen LogP contribution in [-0.2, 0) is 0 Å². The Morgan fingerprint density at radius 2 is 2.00 bits per heavy atom. The highest BCUT2D eigenvalue weighted by atomic mass is 16.5. The van der Waals surface area contributed by atoms with Gasteiger partial charge in [-0.15, -0.1) is 0 Å². The van der Waals surface area contributed by atoms with Crippen LogP contribution in [0, 0.1) is 25.2 Å². The Kier molecular flexibility index (Phi) is 4.21. The van der Waals surface area contributed by atoms with Crippen LogP contribution in [0.3, 0.4) is 0 Å². The molecule has 2 rings (SSSR count). The fourth-order valence-electron chi connectivity index (χ4n) is 1.77. The standard InChI is InChI=1S/C14H15N5O2/c1-8-13(19-16)17-9(2)18-14(8)21-11-5-4-10(7-15)6-12(11)20-3/h4-6H,16H2,1-3H3,(H,17,18,19). The first-order valence-electron chi connectivity index (χ1n) is 6.17. The predicted molar refractivity (Wildman–Crippen MR) is 77.1 cm³/mol. The van der Waals surface area contributed by atoms with Gasteiger partial charge in [-0.1, -0.05) is 0 Å². The van der Waals surface area contributed by atoms with Crippen LogP contribution < -0.4 is 20.7 Å². The fourth-order valence-corrected chi connectivity index (χ4v) is 1.77. The topological polar surface area (TPSA) is 106 Å². The number of nitrogen functional groups attached to an aromatic ring is 1. The number of aryl methyl sites for hydroxylation is 1. The second-order valence-electron chi connectivity index (χ2n) is 4.27. The van der Waals surface area contributed by atoms with Gasteiger partial charge in [-0.3, -0.25) is 0 Å². The van der Waals surface area contributed by atoms with Crippen LogP contribution in [-0.4, -0.2) is 17.1 Å². The third kappa shape index (κ3) is 3.01. The molecule has 1 aromatic carbocycles. The number of rotatable bonds is 4. The van der Waals surface area contributed by atoms with Crippen molar-refractivity contribution in [2.75, 3.05) is 12.5 Å². The molecule has 0 saturated carbocycles. The number of hydrazine groups is 1. The number of nitriles is 1. The number of aromatic nitrogens is 2. The van der Waals surface area contributed by atoms with E-state index >= 15 is 0 Å². The van der Waals surface area contributed by atoms with E-state index in [1.807, 2.05) is 6.07 Å². The summed E-state index contributed by atoms with van der Waals surface area (Å²) in [5.74, 6) is 7.72. The van der Waals surface area contributed by atoms with Gasteiger partial charge < -0.3 is 14.9 Å². The van der Waals surface area contributed by atoms with Gasteiger partial charge in [0.1, 0.15) is 11.6 Å². The number of nitrogens with two attached hydrogens (primary N) is 1. The van der Waals surface area contributed by atoms with Gasteiger partial charge in [-0.05, 0) is 26.0 Å². The van der Waals surface area contributed by atoms with Crippen molar-refractivity contribution in [3.63, 3.8) is 0 Å². The number of nitrogens with zero attached hydrogens (tertiary/aromatic N) is 3. The molecule has 0 aliphatic heterocycles. The van der Waals surface area contributed by atoms with E-state index in [0.29, 0.717) is 40.1 Å². The highest BCUT2D eigenvalue weighted by molar-refractivity contribution is 5.52. The molecular weight excluding hydrogens is 270 g/mol. The van der Waals surface area contributed by atoms with Crippen molar-refractivity contribution in [2.24, 2.45) is 5.84 Å². The number of methoxy groups -OCH3 is 1. The molecule has 0 aliphatic rings. The molecule has 0 bridgehead atoms. The Hall–Kier alpha value is -2.85. The first-order chi connectivity index (χ1) is 10.1. The summed E-state index contributed by atoms with van der Waals surface area (Å²) in [5, 5.41) is 8.90. The van der Waals surface area contributed by atoms with E-state index in [1.165, 1.54) is 7.11 Å². The number of ether oxygens (including phenoxy) is 2. The molecule has 0 amide bonds. The maximum Gasteiger partial charge on any atom is 0.227 e. The Morgan fingerprint density at radius 3 is 2.62 bits per heavy atom. The molecule has 0 aliphatic carbocycles. The molecular formula is C14H15N5O2. The van der Waals surface area contributed by atoms with Crippen LogP contribution in [0.1, 0.15) is 17.0 Å². The van der Waals surface area contributed by atoms with E-state index in [9.17, 15) is 0 Å². The van der Waals surface area contributed by atoms with Crippen molar-refractivity contribution in [1.29, 1.82) is 5.26 Å². The van der Waals surface area contributed by atoms with Crippen molar-refractivity contribution in [3.05, 3.63) is 35.2 Å². The minimum absolute atomic E-state index is 0.374. The highest BCUT2D eigenvalue weighted by Crippen LogP contribution is 2.33.